The average molecular weight is 270 g/mol. The molecule has 0 bridgehead atoms. The highest BCUT2D eigenvalue weighted by Crippen LogP contribution is 2.20. The summed E-state index contributed by atoms with van der Waals surface area (Å²) in [6.07, 6.45) is 1.93. The van der Waals surface area contributed by atoms with Gasteiger partial charge in [0, 0.05) is 25.2 Å². The van der Waals surface area contributed by atoms with E-state index in [4.69, 9.17) is 0 Å². The molecule has 2 rings (SSSR count). The minimum Gasteiger partial charge on any atom is -0.365 e. The number of hydrogen-bond acceptors (Lipinski definition) is 3. The first kappa shape index (κ1) is 10.9. The fraction of sp³-hybridized carbons (Fsp3) is 0.545. The van der Waals surface area contributed by atoms with Crippen molar-refractivity contribution in [3.05, 3.63) is 22.9 Å². The lowest BCUT2D eigenvalue weighted by Crippen LogP contribution is -2.54. The van der Waals surface area contributed by atoms with E-state index in [2.05, 4.69) is 51.0 Å². The van der Waals surface area contributed by atoms with Crippen molar-refractivity contribution in [1.82, 2.24) is 10.3 Å². The Balaban J connectivity index is 2.17. The Morgan fingerprint density at radius 3 is 2.93 bits per heavy atom. The first-order valence-electron chi connectivity index (χ1n) is 5.28. The summed E-state index contributed by atoms with van der Waals surface area (Å²) in [5.41, 5.74) is 1.21. The first-order chi connectivity index (χ1) is 7.16. The highest BCUT2D eigenvalue weighted by atomic mass is 79.9. The van der Waals surface area contributed by atoms with Crippen molar-refractivity contribution in [3.8, 4) is 0 Å². The maximum atomic E-state index is 4.27. The van der Waals surface area contributed by atoms with E-state index < -0.39 is 0 Å². The second-order valence-electron chi connectivity index (χ2n) is 4.15. The van der Waals surface area contributed by atoms with Gasteiger partial charge in [0.2, 0.25) is 0 Å². The van der Waals surface area contributed by atoms with Crippen LogP contribution < -0.4 is 10.2 Å². The predicted molar refractivity (Wildman–Crippen MR) is 66.2 cm³/mol. The molecule has 1 N–H and O–H groups in total. The Bertz CT molecular complexity index is 325. The number of pyridine rings is 1. The van der Waals surface area contributed by atoms with Gasteiger partial charge in [-0.1, -0.05) is 0 Å². The number of halogens is 1. The van der Waals surface area contributed by atoms with Crippen molar-refractivity contribution in [2.24, 2.45) is 0 Å². The van der Waals surface area contributed by atoms with Gasteiger partial charge in [0.15, 0.2) is 0 Å². The summed E-state index contributed by atoms with van der Waals surface area (Å²) in [6, 6.07) is 5.19. The van der Waals surface area contributed by atoms with Crippen LogP contribution >= 0.6 is 15.9 Å². The van der Waals surface area contributed by atoms with Crippen molar-refractivity contribution in [2.75, 3.05) is 18.0 Å². The van der Waals surface area contributed by atoms with E-state index >= 15 is 0 Å². The van der Waals surface area contributed by atoms with Crippen LogP contribution in [0.25, 0.3) is 0 Å². The molecule has 2 unspecified atom stereocenters. The lowest BCUT2D eigenvalue weighted by atomic mass is 10.1. The van der Waals surface area contributed by atoms with E-state index in [0.29, 0.717) is 12.1 Å². The highest BCUT2D eigenvalue weighted by Gasteiger charge is 2.22. The Morgan fingerprint density at radius 2 is 2.27 bits per heavy atom. The zero-order valence-electron chi connectivity index (χ0n) is 9.07. The molecule has 1 aromatic rings. The molecule has 1 fully saturated rings. The van der Waals surface area contributed by atoms with Crippen molar-refractivity contribution in [1.29, 1.82) is 0 Å². The molecule has 2 atom stereocenters. The van der Waals surface area contributed by atoms with Crippen molar-refractivity contribution in [3.63, 3.8) is 0 Å². The van der Waals surface area contributed by atoms with Crippen LogP contribution in [0.4, 0.5) is 5.69 Å². The number of hydrogen-bond donors (Lipinski definition) is 1. The zero-order chi connectivity index (χ0) is 10.8. The average Bonchev–Trinajstić information content (AvgIpc) is 2.23. The van der Waals surface area contributed by atoms with E-state index in [9.17, 15) is 0 Å². The molecule has 0 spiro atoms. The third-order valence-electron chi connectivity index (χ3n) is 2.81. The smallest absolute Gasteiger partial charge is 0.106 e. The van der Waals surface area contributed by atoms with Crippen LogP contribution in [0, 0.1) is 0 Å². The monoisotopic (exact) mass is 269 g/mol. The molecule has 0 aliphatic carbocycles. The number of rotatable bonds is 1. The normalized spacial score (nSPS) is 26.7. The molecule has 1 aromatic heterocycles. The summed E-state index contributed by atoms with van der Waals surface area (Å²) >= 11 is 3.35. The molecule has 0 saturated carbocycles. The van der Waals surface area contributed by atoms with Crippen LogP contribution in [0.1, 0.15) is 13.8 Å². The number of nitrogens with zero attached hydrogens (tertiary/aromatic N) is 2. The zero-order valence-corrected chi connectivity index (χ0v) is 10.7. The summed E-state index contributed by atoms with van der Waals surface area (Å²) in [6.45, 7) is 6.54. The molecule has 15 heavy (non-hydrogen) atoms. The molecule has 0 amide bonds. The molecule has 3 nitrogen and oxygen atoms in total. The van der Waals surface area contributed by atoms with Gasteiger partial charge >= 0.3 is 0 Å². The third-order valence-corrected chi connectivity index (χ3v) is 3.28. The molecule has 2 heterocycles. The fourth-order valence-electron chi connectivity index (χ4n) is 1.92. The molecule has 1 saturated heterocycles. The number of piperazine rings is 1. The van der Waals surface area contributed by atoms with E-state index in [0.717, 1.165) is 17.7 Å². The van der Waals surface area contributed by atoms with Crippen LogP contribution in [0.15, 0.2) is 22.9 Å². The van der Waals surface area contributed by atoms with Gasteiger partial charge in [-0.2, -0.15) is 0 Å². The molecule has 0 radical (unpaired) electrons. The number of nitrogens with one attached hydrogen (secondary N) is 1. The first-order valence-corrected chi connectivity index (χ1v) is 6.07. The van der Waals surface area contributed by atoms with Crippen LogP contribution in [-0.4, -0.2) is 30.2 Å². The standard InChI is InChI=1S/C11H16BrN3/c1-8-7-15(9(2)5-13-8)10-3-4-11(12)14-6-10/h3-4,6,8-9,13H,5,7H2,1-2H3. The van der Waals surface area contributed by atoms with Gasteiger partial charge in [-0.3, -0.25) is 0 Å². The molecule has 82 valence electrons. The lowest BCUT2D eigenvalue weighted by molar-refractivity contribution is 0.425. The number of aromatic nitrogens is 1. The van der Waals surface area contributed by atoms with E-state index in [1.165, 1.54) is 5.69 Å². The lowest BCUT2D eigenvalue weighted by Gasteiger charge is -2.39. The predicted octanol–water partition coefficient (Wildman–Crippen LogP) is 2.03. The van der Waals surface area contributed by atoms with Gasteiger partial charge in [0.25, 0.3) is 0 Å². The summed E-state index contributed by atoms with van der Waals surface area (Å²) < 4.78 is 0.891. The van der Waals surface area contributed by atoms with Gasteiger partial charge in [0.05, 0.1) is 11.9 Å². The van der Waals surface area contributed by atoms with Crippen molar-refractivity contribution >= 4 is 21.6 Å². The van der Waals surface area contributed by atoms with Crippen molar-refractivity contribution in [2.45, 2.75) is 25.9 Å². The Morgan fingerprint density at radius 1 is 1.47 bits per heavy atom. The minimum atomic E-state index is 0.532. The van der Waals surface area contributed by atoms with Crippen LogP contribution in [0.5, 0.6) is 0 Å². The summed E-state index contributed by atoms with van der Waals surface area (Å²) in [7, 11) is 0. The van der Waals surface area contributed by atoms with E-state index in [1.807, 2.05) is 12.3 Å². The number of anilines is 1. The van der Waals surface area contributed by atoms with Crippen LogP contribution in [0.2, 0.25) is 0 Å². The Hall–Kier alpha value is -0.610. The quantitative estimate of drug-likeness (QED) is 0.791. The largest absolute Gasteiger partial charge is 0.365 e. The molecule has 0 aromatic carbocycles. The minimum absolute atomic E-state index is 0.532. The molecule has 1 aliphatic heterocycles. The van der Waals surface area contributed by atoms with Gasteiger partial charge in [-0.05, 0) is 41.9 Å². The van der Waals surface area contributed by atoms with Gasteiger partial charge in [-0.15, -0.1) is 0 Å². The van der Waals surface area contributed by atoms with Gasteiger partial charge in [0.1, 0.15) is 4.60 Å². The Labute approximate surface area is 99.0 Å². The summed E-state index contributed by atoms with van der Waals surface area (Å²) in [5.74, 6) is 0. The maximum absolute atomic E-state index is 4.27. The SMILES string of the molecule is CC1CN(c2ccc(Br)nc2)C(C)CN1. The van der Waals surface area contributed by atoms with Gasteiger partial charge < -0.3 is 10.2 Å². The maximum Gasteiger partial charge on any atom is 0.106 e. The van der Waals surface area contributed by atoms with Gasteiger partial charge in [-0.25, -0.2) is 4.98 Å². The topological polar surface area (TPSA) is 28.2 Å². The Kier molecular flexibility index (Phi) is 3.26. The second kappa shape index (κ2) is 4.49. The van der Waals surface area contributed by atoms with E-state index in [-0.39, 0.29) is 0 Å². The summed E-state index contributed by atoms with van der Waals surface area (Å²) in [4.78, 5) is 6.67. The van der Waals surface area contributed by atoms with E-state index in [1.54, 1.807) is 0 Å². The second-order valence-corrected chi connectivity index (χ2v) is 4.96. The molecule has 1 aliphatic rings. The summed E-state index contributed by atoms with van der Waals surface area (Å²) in [5, 5.41) is 3.47. The molecular formula is C11H16BrN3. The third kappa shape index (κ3) is 2.49. The molecular weight excluding hydrogens is 254 g/mol. The highest BCUT2D eigenvalue weighted by molar-refractivity contribution is 9.10. The molecule has 4 heteroatoms. The fourth-order valence-corrected chi connectivity index (χ4v) is 2.15. The van der Waals surface area contributed by atoms with Crippen LogP contribution in [0.3, 0.4) is 0 Å². The van der Waals surface area contributed by atoms with Crippen LogP contribution in [-0.2, 0) is 0 Å². The van der Waals surface area contributed by atoms with Crippen molar-refractivity contribution < 1.29 is 0 Å².